The molecule has 34 heavy (non-hydrogen) atoms. The molecule has 170 valence electrons. The predicted molar refractivity (Wildman–Crippen MR) is 127 cm³/mol. The second-order valence-electron chi connectivity index (χ2n) is 7.61. The fourth-order valence-electron chi connectivity index (χ4n) is 3.54. The van der Waals surface area contributed by atoms with Crippen LogP contribution in [-0.4, -0.2) is 43.9 Å². The molecule has 8 heteroatoms. The fourth-order valence-corrected chi connectivity index (χ4v) is 3.54. The number of nitrogens with zero attached hydrogens (tertiary/aromatic N) is 2. The van der Waals surface area contributed by atoms with Crippen molar-refractivity contribution in [2.45, 2.75) is 12.5 Å². The minimum Gasteiger partial charge on any atom is -0.481 e. The highest BCUT2D eigenvalue weighted by Crippen LogP contribution is 2.28. The van der Waals surface area contributed by atoms with Gasteiger partial charge in [-0.1, -0.05) is 54.6 Å². The first-order valence-corrected chi connectivity index (χ1v) is 10.5. The lowest BCUT2D eigenvalue weighted by molar-refractivity contribution is -0.146. The minimum atomic E-state index is -1.53. The Labute approximate surface area is 194 Å². The topological polar surface area (TPSA) is 122 Å². The molecule has 1 heterocycles. The molecule has 0 bridgehead atoms. The summed E-state index contributed by atoms with van der Waals surface area (Å²) >= 11 is 0. The van der Waals surface area contributed by atoms with Gasteiger partial charge in [-0.3, -0.25) is 9.59 Å². The zero-order chi connectivity index (χ0) is 24.1. The van der Waals surface area contributed by atoms with Crippen LogP contribution in [0.15, 0.2) is 85.1 Å². The molecule has 3 N–H and O–H groups in total. The van der Waals surface area contributed by atoms with Gasteiger partial charge in [0.05, 0.1) is 17.8 Å². The standard InChI is InChI=1S/C26H21N3O5/c30-23(27-22(26(33)34)15-24(31)32)13-12-20-16-29(21-8-2-1-3-9-21)28-25(20)19-11-10-17-6-4-5-7-18(17)14-19/h1-14,16,22H,15H2,(H,27,30)(H,31,32)(H,33,34)/t22-/m0/s1. The molecule has 0 saturated carbocycles. The quantitative estimate of drug-likeness (QED) is 0.348. The maximum absolute atomic E-state index is 12.3. The zero-order valence-electron chi connectivity index (χ0n) is 18.0. The Hall–Kier alpha value is -4.72. The van der Waals surface area contributed by atoms with Gasteiger partial charge in [0, 0.05) is 23.4 Å². The van der Waals surface area contributed by atoms with Crippen molar-refractivity contribution in [2.75, 3.05) is 0 Å². The molecule has 3 aromatic carbocycles. The number of amides is 1. The number of benzene rings is 3. The summed E-state index contributed by atoms with van der Waals surface area (Å²) in [6, 6.07) is 21.9. The second-order valence-corrected chi connectivity index (χ2v) is 7.61. The molecule has 1 amide bonds. The Morgan fingerprint density at radius 1 is 0.941 bits per heavy atom. The van der Waals surface area contributed by atoms with Crippen LogP contribution in [0.5, 0.6) is 0 Å². The number of hydrogen-bond donors (Lipinski definition) is 3. The molecule has 0 saturated heterocycles. The van der Waals surface area contributed by atoms with Crippen molar-refractivity contribution in [1.82, 2.24) is 15.1 Å². The summed E-state index contributed by atoms with van der Waals surface area (Å²) in [5.74, 6) is -3.46. The predicted octanol–water partition coefficient (Wildman–Crippen LogP) is 3.75. The van der Waals surface area contributed by atoms with Crippen molar-refractivity contribution in [1.29, 1.82) is 0 Å². The van der Waals surface area contributed by atoms with E-state index in [9.17, 15) is 14.4 Å². The lowest BCUT2D eigenvalue weighted by atomic mass is 10.0. The molecular weight excluding hydrogens is 434 g/mol. The van der Waals surface area contributed by atoms with Crippen molar-refractivity contribution in [3.8, 4) is 16.9 Å². The molecule has 0 aliphatic heterocycles. The lowest BCUT2D eigenvalue weighted by Crippen LogP contribution is -2.41. The number of carbonyl (C=O) groups excluding carboxylic acids is 1. The maximum Gasteiger partial charge on any atom is 0.326 e. The third-order valence-corrected chi connectivity index (χ3v) is 5.19. The van der Waals surface area contributed by atoms with Crippen LogP contribution in [0.4, 0.5) is 0 Å². The number of hydrogen-bond acceptors (Lipinski definition) is 4. The third kappa shape index (κ3) is 5.18. The van der Waals surface area contributed by atoms with Gasteiger partial charge in [0.2, 0.25) is 5.91 Å². The lowest BCUT2D eigenvalue weighted by Gasteiger charge is -2.10. The van der Waals surface area contributed by atoms with Gasteiger partial charge in [0.25, 0.3) is 0 Å². The molecule has 4 rings (SSSR count). The summed E-state index contributed by atoms with van der Waals surface area (Å²) in [7, 11) is 0. The fraction of sp³-hybridized carbons (Fsp3) is 0.0769. The number of carboxylic acids is 2. The number of aromatic nitrogens is 2. The van der Waals surface area contributed by atoms with E-state index in [0.717, 1.165) is 22.0 Å². The monoisotopic (exact) mass is 455 g/mol. The van der Waals surface area contributed by atoms with Crippen molar-refractivity contribution in [3.63, 3.8) is 0 Å². The van der Waals surface area contributed by atoms with E-state index in [1.165, 1.54) is 12.2 Å². The van der Waals surface area contributed by atoms with Crippen LogP contribution in [0.3, 0.4) is 0 Å². The Morgan fingerprint density at radius 2 is 1.65 bits per heavy atom. The van der Waals surface area contributed by atoms with Gasteiger partial charge in [0.15, 0.2) is 0 Å². The Morgan fingerprint density at radius 3 is 2.35 bits per heavy atom. The Balaban J connectivity index is 1.69. The van der Waals surface area contributed by atoms with E-state index in [1.54, 1.807) is 10.9 Å². The van der Waals surface area contributed by atoms with Crippen LogP contribution < -0.4 is 5.32 Å². The number of rotatable bonds is 8. The Kier molecular flexibility index (Phi) is 6.49. The van der Waals surface area contributed by atoms with Crippen LogP contribution in [-0.2, 0) is 14.4 Å². The highest BCUT2D eigenvalue weighted by Gasteiger charge is 2.22. The van der Waals surface area contributed by atoms with E-state index in [2.05, 4.69) is 5.32 Å². The average molecular weight is 455 g/mol. The SMILES string of the molecule is O=C(O)C[C@H](NC(=O)C=Cc1cn(-c2ccccc2)nc1-c1ccc2ccccc2c1)C(=O)O. The van der Waals surface area contributed by atoms with E-state index in [0.29, 0.717) is 11.3 Å². The number of fused-ring (bicyclic) bond motifs is 1. The van der Waals surface area contributed by atoms with Crippen molar-refractivity contribution < 1.29 is 24.6 Å². The van der Waals surface area contributed by atoms with E-state index in [-0.39, 0.29) is 0 Å². The van der Waals surface area contributed by atoms with Gasteiger partial charge in [-0.05, 0) is 35.0 Å². The van der Waals surface area contributed by atoms with Crippen LogP contribution in [0, 0.1) is 0 Å². The van der Waals surface area contributed by atoms with Gasteiger partial charge < -0.3 is 15.5 Å². The van der Waals surface area contributed by atoms with Gasteiger partial charge in [-0.15, -0.1) is 0 Å². The molecule has 0 radical (unpaired) electrons. The van der Waals surface area contributed by atoms with Gasteiger partial charge in [-0.2, -0.15) is 5.10 Å². The first kappa shape index (κ1) is 22.5. The normalized spacial score (nSPS) is 12.0. The molecule has 0 aliphatic carbocycles. The van der Waals surface area contributed by atoms with Crippen molar-refractivity contribution in [3.05, 3.63) is 90.6 Å². The van der Waals surface area contributed by atoms with Crippen LogP contribution >= 0.6 is 0 Å². The van der Waals surface area contributed by atoms with Gasteiger partial charge in [-0.25, -0.2) is 9.48 Å². The Bertz CT molecular complexity index is 1390. The second kappa shape index (κ2) is 9.83. The summed E-state index contributed by atoms with van der Waals surface area (Å²) in [6.07, 6.45) is 3.76. The van der Waals surface area contributed by atoms with E-state index in [4.69, 9.17) is 15.3 Å². The smallest absolute Gasteiger partial charge is 0.326 e. The van der Waals surface area contributed by atoms with E-state index in [1.807, 2.05) is 72.8 Å². The van der Waals surface area contributed by atoms with E-state index < -0.39 is 30.3 Å². The van der Waals surface area contributed by atoms with Crippen molar-refractivity contribution >= 4 is 34.7 Å². The van der Waals surface area contributed by atoms with E-state index >= 15 is 0 Å². The van der Waals surface area contributed by atoms with Gasteiger partial charge in [0.1, 0.15) is 6.04 Å². The molecule has 0 spiro atoms. The summed E-state index contributed by atoms with van der Waals surface area (Å²) in [5.41, 5.74) is 2.96. The molecule has 0 unspecified atom stereocenters. The van der Waals surface area contributed by atoms with Crippen LogP contribution in [0.2, 0.25) is 0 Å². The third-order valence-electron chi connectivity index (χ3n) is 5.19. The molecule has 1 aromatic heterocycles. The molecule has 4 aromatic rings. The summed E-state index contributed by atoms with van der Waals surface area (Å²) in [4.78, 5) is 34.4. The first-order chi connectivity index (χ1) is 16.4. The molecule has 1 atom stereocenters. The molecule has 0 aliphatic rings. The first-order valence-electron chi connectivity index (χ1n) is 10.5. The molecule has 0 fully saturated rings. The van der Waals surface area contributed by atoms with Gasteiger partial charge >= 0.3 is 11.9 Å². The number of carboxylic acid groups (broad SMARTS) is 2. The number of nitrogens with one attached hydrogen (secondary N) is 1. The maximum atomic E-state index is 12.3. The summed E-state index contributed by atoms with van der Waals surface area (Å²) in [5, 5.41) is 27.1. The number of para-hydroxylation sites is 1. The van der Waals surface area contributed by atoms with Crippen molar-refractivity contribution in [2.24, 2.45) is 0 Å². The molecular formula is C26H21N3O5. The number of carbonyl (C=O) groups is 3. The highest BCUT2D eigenvalue weighted by atomic mass is 16.4. The van der Waals surface area contributed by atoms with Crippen LogP contribution in [0.25, 0.3) is 33.8 Å². The average Bonchev–Trinajstić information content (AvgIpc) is 3.26. The summed E-state index contributed by atoms with van der Waals surface area (Å²) < 4.78 is 1.70. The van der Waals surface area contributed by atoms with Crippen LogP contribution in [0.1, 0.15) is 12.0 Å². The largest absolute Gasteiger partial charge is 0.481 e. The minimum absolute atomic E-state index is 0.638. The molecule has 8 nitrogen and oxygen atoms in total. The zero-order valence-corrected chi connectivity index (χ0v) is 18.0. The highest BCUT2D eigenvalue weighted by molar-refractivity contribution is 5.96. The number of aliphatic carboxylic acids is 2. The summed E-state index contributed by atoms with van der Waals surface area (Å²) in [6.45, 7) is 0.